The van der Waals surface area contributed by atoms with Gasteiger partial charge in [0.25, 0.3) is 0 Å². The van der Waals surface area contributed by atoms with Crippen molar-refractivity contribution < 1.29 is 8.42 Å². The van der Waals surface area contributed by atoms with Gasteiger partial charge in [-0.2, -0.15) is 4.31 Å². The smallest absolute Gasteiger partial charge is 0.212 e. The normalized spacial score (nSPS) is 13.9. The topological polar surface area (TPSA) is 37.4 Å². The Morgan fingerprint density at radius 2 is 1.94 bits per heavy atom. The summed E-state index contributed by atoms with van der Waals surface area (Å²) in [5.74, 6) is 0.138. The summed E-state index contributed by atoms with van der Waals surface area (Å²) in [5, 5.41) is 1.02. The van der Waals surface area contributed by atoms with Gasteiger partial charge in [-0.25, -0.2) is 8.42 Å². The molecule has 1 aromatic rings. The van der Waals surface area contributed by atoms with Crippen molar-refractivity contribution in [1.82, 2.24) is 4.31 Å². The average Bonchev–Trinajstić information content (AvgIpc) is 2.27. The molecule has 0 aromatic heterocycles. The Balaban J connectivity index is 3.03. The lowest BCUT2D eigenvalue weighted by molar-refractivity contribution is 0.398. The van der Waals surface area contributed by atoms with Gasteiger partial charge in [0.15, 0.2) is 0 Å². The van der Waals surface area contributed by atoms with Crippen molar-refractivity contribution >= 4 is 33.2 Å². The average molecular weight is 310 g/mol. The third-order valence-electron chi connectivity index (χ3n) is 2.86. The van der Waals surface area contributed by atoms with Crippen molar-refractivity contribution in [3.8, 4) is 0 Å². The zero-order valence-corrected chi connectivity index (χ0v) is 13.0. The number of hydrogen-bond donors (Lipinski definition) is 0. The molecule has 0 amide bonds. The van der Waals surface area contributed by atoms with Gasteiger partial charge in [0, 0.05) is 23.1 Å². The largest absolute Gasteiger partial charge is 0.214 e. The summed E-state index contributed by atoms with van der Waals surface area (Å²) >= 11 is 11.9. The molecule has 0 aliphatic carbocycles. The number of rotatable bonds is 5. The van der Waals surface area contributed by atoms with Crippen LogP contribution >= 0.6 is 23.2 Å². The Bertz CT molecular complexity index is 517. The van der Waals surface area contributed by atoms with Crippen molar-refractivity contribution in [3.05, 3.63) is 33.8 Å². The monoisotopic (exact) mass is 309 g/mol. The van der Waals surface area contributed by atoms with E-state index in [4.69, 9.17) is 23.2 Å². The zero-order chi connectivity index (χ0) is 13.9. The van der Waals surface area contributed by atoms with E-state index in [-0.39, 0.29) is 11.8 Å². The molecule has 0 aliphatic heterocycles. The van der Waals surface area contributed by atoms with Gasteiger partial charge < -0.3 is 0 Å². The van der Waals surface area contributed by atoms with E-state index in [1.807, 2.05) is 13.8 Å². The third-order valence-corrected chi connectivity index (χ3v) is 5.54. The highest BCUT2D eigenvalue weighted by Crippen LogP contribution is 2.30. The summed E-state index contributed by atoms with van der Waals surface area (Å²) in [6.07, 6.45) is 0.591. The molecule has 0 bridgehead atoms. The third kappa shape index (κ3) is 3.60. The van der Waals surface area contributed by atoms with Crippen molar-refractivity contribution in [3.63, 3.8) is 0 Å². The van der Waals surface area contributed by atoms with Gasteiger partial charge in [-0.15, -0.1) is 0 Å². The molecule has 18 heavy (non-hydrogen) atoms. The standard InChI is InChI=1S/C12H17Cl2NO2S/c1-4-7-18(16,17)15(3)9(2)11-6-5-10(13)8-12(11)14/h5-6,8-9H,4,7H2,1-3H3. The minimum Gasteiger partial charge on any atom is -0.212 e. The predicted molar refractivity (Wildman–Crippen MR) is 76.7 cm³/mol. The van der Waals surface area contributed by atoms with Crippen molar-refractivity contribution in [2.24, 2.45) is 0 Å². The van der Waals surface area contributed by atoms with Crippen LogP contribution in [0.3, 0.4) is 0 Å². The van der Waals surface area contributed by atoms with E-state index in [0.717, 1.165) is 5.56 Å². The highest BCUT2D eigenvalue weighted by Gasteiger charge is 2.24. The van der Waals surface area contributed by atoms with E-state index < -0.39 is 10.0 Å². The second-order valence-electron chi connectivity index (χ2n) is 4.17. The summed E-state index contributed by atoms with van der Waals surface area (Å²) < 4.78 is 25.3. The van der Waals surface area contributed by atoms with Crippen molar-refractivity contribution in [2.45, 2.75) is 26.3 Å². The fourth-order valence-corrected chi connectivity index (χ4v) is 3.64. The molecule has 0 spiro atoms. The minimum atomic E-state index is -3.24. The van der Waals surface area contributed by atoms with Gasteiger partial charge in [-0.3, -0.25) is 0 Å². The Labute approximate surface area is 119 Å². The number of halogens is 2. The lowest BCUT2D eigenvalue weighted by atomic mass is 10.1. The fraction of sp³-hybridized carbons (Fsp3) is 0.500. The molecule has 0 saturated heterocycles. The van der Waals surface area contributed by atoms with E-state index in [9.17, 15) is 8.42 Å². The van der Waals surface area contributed by atoms with Crippen LogP contribution in [0, 0.1) is 0 Å². The van der Waals surface area contributed by atoms with Gasteiger partial charge in [-0.1, -0.05) is 36.2 Å². The van der Waals surface area contributed by atoms with Gasteiger partial charge >= 0.3 is 0 Å². The molecule has 102 valence electrons. The lowest BCUT2D eigenvalue weighted by Gasteiger charge is -2.25. The Morgan fingerprint density at radius 3 is 2.44 bits per heavy atom. The van der Waals surface area contributed by atoms with E-state index in [2.05, 4.69) is 0 Å². The molecule has 0 fully saturated rings. The second kappa shape index (κ2) is 6.24. The summed E-state index contributed by atoms with van der Waals surface area (Å²) in [6.45, 7) is 3.65. The van der Waals surface area contributed by atoms with Gasteiger partial charge in [0.05, 0.1) is 5.75 Å². The first-order valence-corrected chi connectivity index (χ1v) is 8.06. The van der Waals surface area contributed by atoms with Crippen LogP contribution < -0.4 is 0 Å². The maximum absolute atomic E-state index is 12.0. The van der Waals surface area contributed by atoms with Gasteiger partial charge in [0.1, 0.15) is 0 Å². The van der Waals surface area contributed by atoms with E-state index in [1.165, 1.54) is 4.31 Å². The minimum absolute atomic E-state index is 0.138. The van der Waals surface area contributed by atoms with E-state index in [1.54, 1.807) is 25.2 Å². The summed E-state index contributed by atoms with van der Waals surface area (Å²) in [4.78, 5) is 0. The molecule has 1 atom stereocenters. The van der Waals surface area contributed by atoms with E-state index >= 15 is 0 Å². The van der Waals surface area contributed by atoms with Crippen LogP contribution in [-0.4, -0.2) is 25.5 Å². The zero-order valence-electron chi connectivity index (χ0n) is 10.7. The first-order valence-electron chi connectivity index (χ1n) is 5.70. The predicted octanol–water partition coefficient (Wildman–Crippen LogP) is 3.73. The number of nitrogens with zero attached hydrogens (tertiary/aromatic N) is 1. The molecule has 3 nitrogen and oxygen atoms in total. The van der Waals surface area contributed by atoms with Crippen molar-refractivity contribution in [1.29, 1.82) is 0 Å². The highest BCUT2D eigenvalue weighted by atomic mass is 35.5. The molecule has 0 heterocycles. The second-order valence-corrected chi connectivity index (χ2v) is 7.17. The van der Waals surface area contributed by atoms with Gasteiger partial charge in [-0.05, 0) is 31.0 Å². The maximum Gasteiger partial charge on any atom is 0.214 e. The van der Waals surface area contributed by atoms with Crippen LogP contribution in [0.25, 0.3) is 0 Å². The van der Waals surface area contributed by atoms with Crippen LogP contribution in [0.1, 0.15) is 31.9 Å². The van der Waals surface area contributed by atoms with Gasteiger partial charge in [0.2, 0.25) is 10.0 Å². The summed E-state index contributed by atoms with van der Waals surface area (Å²) in [6, 6.07) is 4.77. The fourth-order valence-electron chi connectivity index (χ4n) is 1.68. The SMILES string of the molecule is CCCS(=O)(=O)N(C)C(C)c1ccc(Cl)cc1Cl. The first kappa shape index (κ1) is 15.8. The highest BCUT2D eigenvalue weighted by molar-refractivity contribution is 7.89. The number of hydrogen-bond acceptors (Lipinski definition) is 2. The Kier molecular flexibility index (Phi) is 5.46. The van der Waals surface area contributed by atoms with Crippen LogP contribution in [0.4, 0.5) is 0 Å². The molecule has 1 unspecified atom stereocenters. The number of sulfonamides is 1. The maximum atomic E-state index is 12.0. The lowest BCUT2D eigenvalue weighted by Crippen LogP contribution is -2.31. The first-order chi connectivity index (χ1) is 8.29. The molecular weight excluding hydrogens is 293 g/mol. The number of benzene rings is 1. The van der Waals surface area contributed by atoms with Crippen LogP contribution in [0.2, 0.25) is 10.0 Å². The molecule has 1 rings (SSSR count). The molecule has 1 aromatic carbocycles. The van der Waals surface area contributed by atoms with Crippen LogP contribution in [0.15, 0.2) is 18.2 Å². The van der Waals surface area contributed by atoms with E-state index in [0.29, 0.717) is 16.5 Å². The Morgan fingerprint density at radius 1 is 1.33 bits per heavy atom. The van der Waals surface area contributed by atoms with Crippen molar-refractivity contribution in [2.75, 3.05) is 12.8 Å². The molecular formula is C12H17Cl2NO2S. The molecule has 0 saturated carbocycles. The molecule has 0 aliphatic rings. The molecule has 6 heteroatoms. The molecule has 0 radical (unpaired) electrons. The Hall–Kier alpha value is -0.290. The summed E-state index contributed by atoms with van der Waals surface area (Å²) in [7, 11) is -1.67. The van der Waals surface area contributed by atoms with Crippen LogP contribution in [-0.2, 0) is 10.0 Å². The summed E-state index contributed by atoms with van der Waals surface area (Å²) in [5.41, 5.74) is 0.753. The quantitative estimate of drug-likeness (QED) is 0.831. The van der Waals surface area contributed by atoms with Crippen LogP contribution in [0.5, 0.6) is 0 Å². The molecule has 0 N–H and O–H groups in total.